The Labute approximate surface area is 154 Å². The highest BCUT2D eigenvalue weighted by atomic mass is 35.5. The van der Waals surface area contributed by atoms with Crippen molar-refractivity contribution in [2.45, 2.75) is 0 Å². The van der Waals surface area contributed by atoms with Crippen LogP contribution in [-0.4, -0.2) is 19.9 Å². The monoisotopic (exact) mass is 362 g/mol. The highest BCUT2D eigenvalue weighted by molar-refractivity contribution is 6.32. The van der Waals surface area contributed by atoms with Crippen molar-refractivity contribution in [1.29, 1.82) is 0 Å². The largest absolute Gasteiger partial charge is 0.265 e. The number of halogens is 2. The third-order valence-corrected chi connectivity index (χ3v) is 4.16. The van der Waals surface area contributed by atoms with Gasteiger partial charge in [0, 0.05) is 41.5 Å². The quantitative estimate of drug-likeness (QED) is 0.478. The van der Waals surface area contributed by atoms with Crippen LogP contribution in [-0.2, 0) is 0 Å². The van der Waals surface area contributed by atoms with Gasteiger partial charge in [-0.2, -0.15) is 0 Å². The zero-order chi connectivity index (χ0) is 17.9. The van der Waals surface area contributed by atoms with Crippen molar-refractivity contribution in [1.82, 2.24) is 19.9 Å². The molecular weight excluding hydrogens is 351 g/mol. The van der Waals surface area contributed by atoms with E-state index in [0.717, 1.165) is 16.7 Å². The molecular formula is C20H12ClFN4. The lowest BCUT2D eigenvalue weighted by Crippen LogP contribution is -1.98. The van der Waals surface area contributed by atoms with Crippen molar-refractivity contribution >= 4 is 11.6 Å². The SMILES string of the molecule is Fc1ccc(-c2c(Cl)nc(-c3ccncc3)nc2-c2ccncc2)cc1. The Morgan fingerprint density at radius 2 is 1.23 bits per heavy atom. The van der Waals surface area contributed by atoms with E-state index in [2.05, 4.69) is 15.0 Å². The normalized spacial score (nSPS) is 10.7. The lowest BCUT2D eigenvalue weighted by Gasteiger charge is -2.13. The Hall–Kier alpha value is -3.18. The summed E-state index contributed by atoms with van der Waals surface area (Å²) < 4.78 is 13.3. The average molecular weight is 363 g/mol. The molecule has 26 heavy (non-hydrogen) atoms. The van der Waals surface area contributed by atoms with Crippen molar-refractivity contribution in [3.63, 3.8) is 0 Å². The predicted octanol–water partition coefficient (Wildman–Crippen LogP) is 5.06. The number of aromatic nitrogens is 4. The van der Waals surface area contributed by atoms with Gasteiger partial charge in [-0.3, -0.25) is 9.97 Å². The van der Waals surface area contributed by atoms with E-state index in [4.69, 9.17) is 16.6 Å². The summed E-state index contributed by atoms with van der Waals surface area (Å²) in [5.74, 6) is 0.180. The summed E-state index contributed by atoms with van der Waals surface area (Å²) in [6.07, 6.45) is 6.72. The molecule has 6 heteroatoms. The van der Waals surface area contributed by atoms with Gasteiger partial charge in [0.15, 0.2) is 5.82 Å². The van der Waals surface area contributed by atoms with E-state index in [1.54, 1.807) is 36.9 Å². The zero-order valence-electron chi connectivity index (χ0n) is 13.5. The van der Waals surface area contributed by atoms with Crippen LogP contribution in [0.15, 0.2) is 73.3 Å². The first-order valence-corrected chi connectivity index (χ1v) is 8.24. The molecule has 0 fully saturated rings. The molecule has 0 unspecified atom stereocenters. The van der Waals surface area contributed by atoms with Gasteiger partial charge >= 0.3 is 0 Å². The van der Waals surface area contributed by atoms with E-state index in [1.165, 1.54) is 12.1 Å². The Morgan fingerprint density at radius 1 is 0.654 bits per heavy atom. The molecule has 126 valence electrons. The Morgan fingerprint density at radius 3 is 1.85 bits per heavy atom. The number of pyridine rings is 2. The van der Waals surface area contributed by atoms with E-state index in [1.807, 2.05) is 24.3 Å². The van der Waals surface area contributed by atoms with Gasteiger partial charge in [0.2, 0.25) is 0 Å². The maximum absolute atomic E-state index is 13.3. The van der Waals surface area contributed by atoms with Crippen molar-refractivity contribution < 1.29 is 4.39 Å². The Kier molecular flexibility index (Phi) is 4.37. The van der Waals surface area contributed by atoms with Crippen molar-refractivity contribution in [2.24, 2.45) is 0 Å². The molecule has 0 amide bonds. The third-order valence-electron chi connectivity index (χ3n) is 3.89. The first-order chi connectivity index (χ1) is 12.7. The maximum atomic E-state index is 13.3. The summed E-state index contributed by atoms with van der Waals surface area (Å²) >= 11 is 6.53. The molecule has 3 aromatic heterocycles. The lowest BCUT2D eigenvalue weighted by atomic mass is 10.0. The molecule has 4 nitrogen and oxygen atoms in total. The highest BCUT2D eigenvalue weighted by Gasteiger charge is 2.17. The molecule has 4 rings (SSSR count). The minimum absolute atomic E-state index is 0.297. The smallest absolute Gasteiger partial charge is 0.161 e. The fraction of sp³-hybridized carbons (Fsp3) is 0. The standard InChI is InChI=1S/C20H12ClFN4/c21-19-17(13-1-3-16(22)4-2-13)18(14-5-9-23-10-6-14)25-20(26-19)15-7-11-24-12-8-15/h1-12H. The van der Waals surface area contributed by atoms with Gasteiger partial charge in [0.05, 0.1) is 5.69 Å². The summed E-state index contributed by atoms with van der Waals surface area (Å²) in [4.78, 5) is 17.2. The molecule has 0 aliphatic carbocycles. The second-order valence-electron chi connectivity index (χ2n) is 5.54. The van der Waals surface area contributed by atoms with Gasteiger partial charge in [-0.1, -0.05) is 23.7 Å². The topological polar surface area (TPSA) is 51.6 Å². The second-order valence-corrected chi connectivity index (χ2v) is 5.90. The molecule has 0 spiro atoms. The average Bonchev–Trinajstić information content (AvgIpc) is 2.70. The highest BCUT2D eigenvalue weighted by Crippen LogP contribution is 2.36. The van der Waals surface area contributed by atoms with E-state index < -0.39 is 0 Å². The summed E-state index contributed by atoms with van der Waals surface area (Å²) in [6.45, 7) is 0. The molecule has 0 saturated carbocycles. The molecule has 0 atom stereocenters. The van der Waals surface area contributed by atoms with Crippen LogP contribution < -0.4 is 0 Å². The number of hydrogen-bond acceptors (Lipinski definition) is 4. The lowest BCUT2D eigenvalue weighted by molar-refractivity contribution is 0.628. The van der Waals surface area contributed by atoms with Crippen LogP contribution in [0.2, 0.25) is 5.15 Å². The summed E-state index contributed by atoms with van der Waals surface area (Å²) in [5.41, 5.74) is 3.70. The van der Waals surface area contributed by atoms with Crippen LogP contribution in [0.3, 0.4) is 0 Å². The predicted molar refractivity (Wildman–Crippen MR) is 98.9 cm³/mol. The van der Waals surface area contributed by atoms with E-state index in [-0.39, 0.29) is 5.82 Å². The molecule has 0 bridgehead atoms. The van der Waals surface area contributed by atoms with Gasteiger partial charge in [0.25, 0.3) is 0 Å². The number of nitrogens with zero attached hydrogens (tertiary/aromatic N) is 4. The third kappa shape index (κ3) is 3.17. The second kappa shape index (κ2) is 6.98. The van der Waals surface area contributed by atoms with Crippen molar-refractivity contribution in [3.8, 4) is 33.8 Å². The first kappa shape index (κ1) is 16.3. The number of hydrogen-bond donors (Lipinski definition) is 0. The van der Waals surface area contributed by atoms with Gasteiger partial charge < -0.3 is 0 Å². The summed E-state index contributed by atoms with van der Waals surface area (Å²) in [5, 5.41) is 0.297. The van der Waals surface area contributed by atoms with E-state index in [0.29, 0.717) is 22.2 Å². The number of rotatable bonds is 3. The first-order valence-electron chi connectivity index (χ1n) is 7.86. The molecule has 1 aromatic carbocycles. The number of benzene rings is 1. The minimum Gasteiger partial charge on any atom is -0.265 e. The molecule has 4 aromatic rings. The molecule has 0 aliphatic heterocycles. The fourth-order valence-electron chi connectivity index (χ4n) is 2.65. The Balaban J connectivity index is 1.97. The fourth-order valence-corrected chi connectivity index (χ4v) is 2.93. The van der Waals surface area contributed by atoms with Gasteiger partial charge in [-0.05, 0) is 42.0 Å². The summed E-state index contributed by atoms with van der Waals surface area (Å²) in [6, 6.07) is 13.4. The van der Waals surface area contributed by atoms with Gasteiger partial charge in [-0.25, -0.2) is 14.4 Å². The van der Waals surface area contributed by atoms with Crippen LogP contribution in [0.25, 0.3) is 33.8 Å². The Bertz CT molecular complexity index is 1040. The van der Waals surface area contributed by atoms with Gasteiger partial charge in [-0.15, -0.1) is 0 Å². The molecule has 0 N–H and O–H groups in total. The van der Waals surface area contributed by atoms with Crippen LogP contribution in [0.5, 0.6) is 0 Å². The van der Waals surface area contributed by atoms with Crippen LogP contribution >= 0.6 is 11.6 Å². The molecule has 3 heterocycles. The summed E-state index contributed by atoms with van der Waals surface area (Å²) in [7, 11) is 0. The van der Waals surface area contributed by atoms with Crippen molar-refractivity contribution in [2.75, 3.05) is 0 Å². The maximum Gasteiger partial charge on any atom is 0.161 e. The molecule has 0 saturated heterocycles. The van der Waals surface area contributed by atoms with Crippen LogP contribution in [0.4, 0.5) is 4.39 Å². The molecule has 0 aliphatic rings. The van der Waals surface area contributed by atoms with Crippen LogP contribution in [0, 0.1) is 5.82 Å². The zero-order valence-corrected chi connectivity index (χ0v) is 14.2. The molecule has 0 radical (unpaired) electrons. The van der Waals surface area contributed by atoms with Crippen molar-refractivity contribution in [3.05, 3.63) is 84.3 Å². The van der Waals surface area contributed by atoms with Crippen LogP contribution in [0.1, 0.15) is 0 Å². The van der Waals surface area contributed by atoms with Gasteiger partial charge in [0.1, 0.15) is 11.0 Å². The minimum atomic E-state index is -0.315. The van der Waals surface area contributed by atoms with E-state index in [9.17, 15) is 4.39 Å². The van der Waals surface area contributed by atoms with E-state index >= 15 is 0 Å².